The molecule has 3 nitrogen and oxygen atoms in total. The monoisotopic (exact) mass is 274 g/mol. The van der Waals surface area contributed by atoms with Crippen LogP contribution in [0.25, 0.3) is 0 Å². The molecule has 0 aromatic heterocycles. The number of nitrogen functional groups attached to an aromatic ring is 1. The number of carbonyl (C=O) groups is 1. The first-order valence-electron chi connectivity index (χ1n) is 5.99. The van der Waals surface area contributed by atoms with E-state index in [1.807, 2.05) is 31.2 Å². The molecule has 1 atom stereocenters. The number of benzene rings is 2. The van der Waals surface area contributed by atoms with Crippen LogP contribution in [0.5, 0.6) is 0 Å². The van der Waals surface area contributed by atoms with Crippen molar-refractivity contribution in [3.63, 3.8) is 0 Å². The van der Waals surface area contributed by atoms with Gasteiger partial charge in [-0.3, -0.25) is 4.79 Å². The number of nitrogens with two attached hydrogens (primary N) is 1. The summed E-state index contributed by atoms with van der Waals surface area (Å²) in [7, 11) is 0. The molecule has 4 heteroatoms. The molecule has 0 unspecified atom stereocenters. The molecule has 3 N–H and O–H groups in total. The molecule has 2 aromatic carbocycles. The summed E-state index contributed by atoms with van der Waals surface area (Å²) in [6.45, 7) is 1.90. The maximum Gasteiger partial charge on any atom is 0.251 e. The van der Waals surface area contributed by atoms with Crippen LogP contribution in [0.1, 0.15) is 28.9 Å². The zero-order valence-electron chi connectivity index (χ0n) is 10.6. The quantitative estimate of drug-likeness (QED) is 0.843. The number of amides is 1. The van der Waals surface area contributed by atoms with E-state index in [1.54, 1.807) is 24.3 Å². The molecule has 2 aromatic rings. The van der Waals surface area contributed by atoms with E-state index in [-0.39, 0.29) is 11.9 Å². The van der Waals surface area contributed by atoms with Gasteiger partial charge in [-0.2, -0.15) is 0 Å². The highest BCUT2D eigenvalue weighted by molar-refractivity contribution is 6.31. The van der Waals surface area contributed by atoms with Gasteiger partial charge in [-0.1, -0.05) is 29.8 Å². The SMILES string of the molecule is C[C@H](NC(=O)c1ccc(N)cc1)c1ccccc1Cl. The van der Waals surface area contributed by atoms with Crippen LogP contribution in [0.2, 0.25) is 5.02 Å². The summed E-state index contributed by atoms with van der Waals surface area (Å²) in [5.41, 5.74) is 7.70. The van der Waals surface area contributed by atoms with E-state index in [0.29, 0.717) is 16.3 Å². The molecule has 0 aliphatic rings. The van der Waals surface area contributed by atoms with Gasteiger partial charge < -0.3 is 11.1 Å². The average molecular weight is 275 g/mol. The third-order valence-electron chi connectivity index (χ3n) is 2.89. The van der Waals surface area contributed by atoms with Crippen LogP contribution < -0.4 is 11.1 Å². The first-order valence-corrected chi connectivity index (χ1v) is 6.36. The molecule has 0 bridgehead atoms. The molecule has 1 amide bonds. The highest BCUT2D eigenvalue weighted by atomic mass is 35.5. The molecule has 0 aliphatic heterocycles. The maximum atomic E-state index is 12.1. The fourth-order valence-electron chi connectivity index (χ4n) is 1.82. The second-order valence-corrected chi connectivity index (χ2v) is 4.75. The number of nitrogens with one attached hydrogen (secondary N) is 1. The lowest BCUT2D eigenvalue weighted by Gasteiger charge is -2.15. The third kappa shape index (κ3) is 3.26. The van der Waals surface area contributed by atoms with E-state index in [9.17, 15) is 4.79 Å². The van der Waals surface area contributed by atoms with Crippen LogP contribution in [-0.2, 0) is 0 Å². The molecule has 0 radical (unpaired) electrons. The molecular formula is C15H15ClN2O. The molecule has 19 heavy (non-hydrogen) atoms. The van der Waals surface area contributed by atoms with Crippen LogP contribution in [0, 0.1) is 0 Å². The normalized spacial score (nSPS) is 11.9. The number of halogens is 1. The van der Waals surface area contributed by atoms with E-state index < -0.39 is 0 Å². The molecule has 2 rings (SSSR count). The van der Waals surface area contributed by atoms with Crippen LogP contribution in [0.15, 0.2) is 48.5 Å². The average Bonchev–Trinajstić information content (AvgIpc) is 2.39. The van der Waals surface area contributed by atoms with E-state index in [4.69, 9.17) is 17.3 Å². The summed E-state index contributed by atoms with van der Waals surface area (Å²) >= 11 is 6.10. The predicted octanol–water partition coefficient (Wildman–Crippen LogP) is 3.41. The van der Waals surface area contributed by atoms with E-state index >= 15 is 0 Å². The topological polar surface area (TPSA) is 55.1 Å². The van der Waals surface area contributed by atoms with Crippen molar-refractivity contribution >= 4 is 23.2 Å². The van der Waals surface area contributed by atoms with Crippen molar-refractivity contribution in [2.45, 2.75) is 13.0 Å². The molecule has 0 aliphatic carbocycles. The molecule has 98 valence electrons. The Hall–Kier alpha value is -2.00. The lowest BCUT2D eigenvalue weighted by atomic mass is 10.1. The van der Waals surface area contributed by atoms with Crippen LogP contribution in [0.4, 0.5) is 5.69 Å². The third-order valence-corrected chi connectivity index (χ3v) is 3.24. The van der Waals surface area contributed by atoms with Gasteiger partial charge in [0, 0.05) is 16.3 Å². The highest BCUT2D eigenvalue weighted by Crippen LogP contribution is 2.22. The smallest absolute Gasteiger partial charge is 0.251 e. The second kappa shape index (κ2) is 5.76. The Morgan fingerprint density at radius 2 is 1.79 bits per heavy atom. The summed E-state index contributed by atoms with van der Waals surface area (Å²) < 4.78 is 0. The van der Waals surface area contributed by atoms with E-state index in [1.165, 1.54) is 0 Å². The van der Waals surface area contributed by atoms with Crippen molar-refractivity contribution in [2.24, 2.45) is 0 Å². The van der Waals surface area contributed by atoms with Gasteiger partial charge in [0.1, 0.15) is 0 Å². The lowest BCUT2D eigenvalue weighted by molar-refractivity contribution is 0.0940. The molecule has 0 fully saturated rings. The summed E-state index contributed by atoms with van der Waals surface area (Å²) in [6.07, 6.45) is 0. The van der Waals surface area contributed by atoms with Crippen molar-refractivity contribution < 1.29 is 4.79 Å². The standard InChI is InChI=1S/C15H15ClN2O/c1-10(13-4-2-3-5-14(13)16)18-15(19)11-6-8-12(17)9-7-11/h2-10H,17H2,1H3,(H,18,19)/t10-/m0/s1. The molecule has 0 saturated carbocycles. The minimum absolute atomic E-state index is 0.146. The first-order chi connectivity index (χ1) is 9.08. The Bertz CT molecular complexity index is 581. The van der Waals surface area contributed by atoms with Gasteiger partial charge in [-0.05, 0) is 42.8 Å². The van der Waals surface area contributed by atoms with Gasteiger partial charge in [-0.25, -0.2) is 0 Å². The highest BCUT2D eigenvalue weighted by Gasteiger charge is 2.13. The van der Waals surface area contributed by atoms with E-state index in [0.717, 1.165) is 5.56 Å². The zero-order valence-corrected chi connectivity index (χ0v) is 11.3. The maximum absolute atomic E-state index is 12.1. The number of rotatable bonds is 3. The molecular weight excluding hydrogens is 260 g/mol. The van der Waals surface area contributed by atoms with Crippen LogP contribution in [-0.4, -0.2) is 5.91 Å². The molecule has 0 saturated heterocycles. The van der Waals surface area contributed by atoms with Gasteiger partial charge >= 0.3 is 0 Å². The summed E-state index contributed by atoms with van der Waals surface area (Å²) in [5, 5.41) is 3.55. The van der Waals surface area contributed by atoms with Gasteiger partial charge in [0.25, 0.3) is 5.91 Å². The number of carbonyl (C=O) groups excluding carboxylic acids is 1. The van der Waals surface area contributed by atoms with Crippen molar-refractivity contribution in [1.29, 1.82) is 0 Å². The van der Waals surface area contributed by atoms with Crippen molar-refractivity contribution in [3.8, 4) is 0 Å². The second-order valence-electron chi connectivity index (χ2n) is 4.34. The minimum atomic E-state index is -0.154. The number of hydrogen-bond donors (Lipinski definition) is 2. The predicted molar refractivity (Wildman–Crippen MR) is 78.2 cm³/mol. The Balaban J connectivity index is 2.11. The minimum Gasteiger partial charge on any atom is -0.399 e. The van der Waals surface area contributed by atoms with Gasteiger partial charge in [0.15, 0.2) is 0 Å². The molecule has 0 heterocycles. The Morgan fingerprint density at radius 1 is 1.16 bits per heavy atom. The van der Waals surface area contributed by atoms with Crippen molar-refractivity contribution in [3.05, 3.63) is 64.7 Å². The largest absolute Gasteiger partial charge is 0.399 e. The van der Waals surface area contributed by atoms with Gasteiger partial charge in [0.05, 0.1) is 6.04 Å². The summed E-state index contributed by atoms with van der Waals surface area (Å²) in [4.78, 5) is 12.1. The fraction of sp³-hybridized carbons (Fsp3) is 0.133. The first kappa shape index (κ1) is 13.4. The van der Waals surface area contributed by atoms with Crippen LogP contribution >= 0.6 is 11.6 Å². The summed E-state index contributed by atoms with van der Waals surface area (Å²) in [6, 6.07) is 14.1. The fourth-order valence-corrected chi connectivity index (χ4v) is 2.12. The molecule has 0 spiro atoms. The van der Waals surface area contributed by atoms with E-state index in [2.05, 4.69) is 5.32 Å². The van der Waals surface area contributed by atoms with Gasteiger partial charge in [-0.15, -0.1) is 0 Å². The number of hydrogen-bond acceptors (Lipinski definition) is 2. The Kier molecular flexibility index (Phi) is 4.07. The van der Waals surface area contributed by atoms with Crippen molar-refractivity contribution in [1.82, 2.24) is 5.32 Å². The lowest BCUT2D eigenvalue weighted by Crippen LogP contribution is -2.26. The summed E-state index contributed by atoms with van der Waals surface area (Å²) in [5.74, 6) is -0.146. The van der Waals surface area contributed by atoms with Gasteiger partial charge in [0.2, 0.25) is 0 Å². The number of anilines is 1. The Morgan fingerprint density at radius 3 is 2.42 bits per heavy atom. The van der Waals surface area contributed by atoms with Crippen LogP contribution in [0.3, 0.4) is 0 Å². The Labute approximate surface area is 117 Å². The zero-order chi connectivity index (χ0) is 13.8. The van der Waals surface area contributed by atoms with Crippen molar-refractivity contribution in [2.75, 3.05) is 5.73 Å².